The molecular weight excluding hydrogens is 308 g/mol. The van der Waals surface area contributed by atoms with Gasteiger partial charge in [-0.1, -0.05) is 54.9 Å². The molecule has 1 aromatic carbocycles. The first-order valence-electron chi connectivity index (χ1n) is 8.38. The normalized spacial score (nSPS) is 16.5. The van der Waals surface area contributed by atoms with Gasteiger partial charge in [0.15, 0.2) is 5.12 Å². The zero-order valence-electron chi connectivity index (χ0n) is 13.8. The molecule has 2 amide bonds. The van der Waals surface area contributed by atoms with Gasteiger partial charge >= 0.3 is 6.03 Å². The highest BCUT2D eigenvalue weighted by Crippen LogP contribution is 2.13. The Kier molecular flexibility index (Phi) is 7.46. The van der Waals surface area contributed by atoms with E-state index < -0.39 is 0 Å². The molecule has 1 unspecified atom stereocenters. The minimum atomic E-state index is -0.0259. The van der Waals surface area contributed by atoms with Gasteiger partial charge in [0.25, 0.3) is 0 Å². The Hall–Kier alpha value is -1.49. The predicted molar refractivity (Wildman–Crippen MR) is 95.6 cm³/mol. The van der Waals surface area contributed by atoms with E-state index in [0.717, 1.165) is 32.4 Å². The summed E-state index contributed by atoms with van der Waals surface area (Å²) in [6, 6.07) is 10.1. The lowest BCUT2D eigenvalue weighted by atomic mass is 10.1. The zero-order valence-corrected chi connectivity index (χ0v) is 14.6. The lowest BCUT2D eigenvalue weighted by molar-refractivity contribution is -0.109. The molecule has 1 aromatic rings. The van der Waals surface area contributed by atoms with Gasteiger partial charge in [-0.3, -0.25) is 4.79 Å². The van der Waals surface area contributed by atoms with Gasteiger partial charge in [0.2, 0.25) is 0 Å². The maximum absolute atomic E-state index is 12.5. The molecule has 1 aliphatic heterocycles. The third-order valence-electron chi connectivity index (χ3n) is 4.03. The van der Waals surface area contributed by atoms with Gasteiger partial charge in [-0.05, 0) is 24.8 Å². The van der Waals surface area contributed by atoms with Crippen LogP contribution in [0.2, 0.25) is 0 Å². The van der Waals surface area contributed by atoms with Crippen LogP contribution in [0.25, 0.3) is 0 Å². The van der Waals surface area contributed by atoms with Crippen molar-refractivity contribution < 1.29 is 9.59 Å². The molecule has 1 aliphatic rings. The van der Waals surface area contributed by atoms with Gasteiger partial charge in [0.1, 0.15) is 0 Å². The van der Waals surface area contributed by atoms with Crippen LogP contribution in [0.1, 0.15) is 38.2 Å². The van der Waals surface area contributed by atoms with E-state index in [4.69, 9.17) is 0 Å². The number of carbonyl (C=O) groups excluding carboxylic acids is 2. The van der Waals surface area contributed by atoms with Crippen LogP contribution in [0, 0.1) is 0 Å². The SMILES string of the molecule is CC(=O)SCC(Cc1ccccc1)NC(=O)N1CCCCCC1. The highest BCUT2D eigenvalue weighted by atomic mass is 32.2. The molecule has 1 heterocycles. The summed E-state index contributed by atoms with van der Waals surface area (Å²) >= 11 is 1.28. The van der Waals surface area contributed by atoms with Gasteiger partial charge in [-0.2, -0.15) is 0 Å². The minimum absolute atomic E-state index is 0.0111. The maximum Gasteiger partial charge on any atom is 0.317 e. The highest BCUT2D eigenvalue weighted by Gasteiger charge is 2.20. The van der Waals surface area contributed by atoms with E-state index in [9.17, 15) is 9.59 Å². The van der Waals surface area contributed by atoms with Crippen LogP contribution in [-0.2, 0) is 11.2 Å². The number of carbonyl (C=O) groups is 2. The van der Waals surface area contributed by atoms with Crippen molar-refractivity contribution >= 4 is 22.9 Å². The summed E-state index contributed by atoms with van der Waals surface area (Å²) in [7, 11) is 0. The van der Waals surface area contributed by atoms with Crippen LogP contribution in [0.15, 0.2) is 30.3 Å². The topological polar surface area (TPSA) is 49.4 Å². The van der Waals surface area contributed by atoms with Crippen molar-refractivity contribution in [1.82, 2.24) is 10.2 Å². The lowest BCUT2D eigenvalue weighted by Crippen LogP contribution is -2.47. The first-order chi connectivity index (χ1) is 11.1. The van der Waals surface area contributed by atoms with Gasteiger partial charge in [0.05, 0.1) is 0 Å². The molecule has 23 heavy (non-hydrogen) atoms. The van der Waals surface area contributed by atoms with Crippen molar-refractivity contribution in [3.63, 3.8) is 0 Å². The van der Waals surface area contributed by atoms with Gasteiger partial charge in [-0.15, -0.1) is 0 Å². The van der Waals surface area contributed by atoms with Crippen molar-refractivity contribution in [3.8, 4) is 0 Å². The van der Waals surface area contributed by atoms with Crippen LogP contribution in [0.5, 0.6) is 0 Å². The third-order valence-corrected chi connectivity index (χ3v) is 5.01. The molecule has 1 N–H and O–H groups in total. The standard InChI is InChI=1S/C18H26N2O2S/c1-15(21)23-14-17(13-16-9-5-4-6-10-16)19-18(22)20-11-7-2-3-8-12-20/h4-6,9-10,17H,2-3,7-8,11-14H2,1H3,(H,19,22). The Morgan fingerprint density at radius 2 is 1.78 bits per heavy atom. The van der Waals surface area contributed by atoms with Crippen molar-refractivity contribution in [2.75, 3.05) is 18.8 Å². The van der Waals surface area contributed by atoms with E-state index in [1.54, 1.807) is 6.92 Å². The molecule has 5 heteroatoms. The Balaban J connectivity index is 1.94. The summed E-state index contributed by atoms with van der Waals surface area (Å²) < 4.78 is 0. The van der Waals surface area contributed by atoms with Crippen molar-refractivity contribution in [2.24, 2.45) is 0 Å². The van der Waals surface area contributed by atoms with Crippen molar-refractivity contribution in [3.05, 3.63) is 35.9 Å². The van der Waals surface area contributed by atoms with Crippen LogP contribution in [-0.4, -0.2) is 40.9 Å². The number of amides is 2. The number of nitrogens with zero attached hydrogens (tertiary/aromatic N) is 1. The Morgan fingerprint density at radius 1 is 1.13 bits per heavy atom. The van der Waals surface area contributed by atoms with Crippen molar-refractivity contribution in [1.29, 1.82) is 0 Å². The molecular formula is C18H26N2O2S. The molecule has 0 bridgehead atoms. The minimum Gasteiger partial charge on any atom is -0.334 e. The van der Waals surface area contributed by atoms with E-state index >= 15 is 0 Å². The van der Waals surface area contributed by atoms with Crippen molar-refractivity contribution in [2.45, 2.75) is 45.1 Å². The number of nitrogens with one attached hydrogen (secondary N) is 1. The van der Waals surface area contributed by atoms with E-state index in [1.807, 2.05) is 23.1 Å². The summed E-state index contributed by atoms with van der Waals surface area (Å²) in [5.41, 5.74) is 1.18. The molecule has 4 nitrogen and oxygen atoms in total. The monoisotopic (exact) mass is 334 g/mol. The van der Waals surface area contributed by atoms with Gasteiger partial charge < -0.3 is 10.2 Å². The first-order valence-corrected chi connectivity index (χ1v) is 9.36. The van der Waals surface area contributed by atoms with E-state index in [2.05, 4.69) is 17.4 Å². The maximum atomic E-state index is 12.5. The first kappa shape index (κ1) is 17.9. The van der Waals surface area contributed by atoms with E-state index in [-0.39, 0.29) is 17.2 Å². The summed E-state index contributed by atoms with van der Waals surface area (Å²) in [6.45, 7) is 3.24. The number of hydrogen-bond acceptors (Lipinski definition) is 3. The van der Waals surface area contributed by atoms with E-state index in [1.165, 1.54) is 30.2 Å². The number of hydrogen-bond donors (Lipinski definition) is 1. The molecule has 2 rings (SSSR count). The van der Waals surface area contributed by atoms with E-state index in [0.29, 0.717) is 5.75 Å². The second-order valence-corrected chi connectivity index (χ2v) is 7.24. The Bertz CT molecular complexity index is 499. The van der Waals surface area contributed by atoms with Gasteiger partial charge in [0, 0.05) is 31.8 Å². The average Bonchev–Trinajstić information content (AvgIpc) is 2.83. The predicted octanol–water partition coefficient (Wildman–Crippen LogP) is 3.46. The zero-order chi connectivity index (χ0) is 16.5. The van der Waals surface area contributed by atoms with Crippen LogP contribution in [0.3, 0.4) is 0 Å². The molecule has 0 aromatic heterocycles. The second kappa shape index (κ2) is 9.60. The molecule has 1 saturated heterocycles. The number of thioether (sulfide) groups is 1. The smallest absolute Gasteiger partial charge is 0.317 e. The number of urea groups is 1. The molecule has 1 fully saturated rings. The van der Waals surface area contributed by atoms with Crippen LogP contribution >= 0.6 is 11.8 Å². The molecule has 126 valence electrons. The van der Waals surface area contributed by atoms with Crippen LogP contribution < -0.4 is 5.32 Å². The Morgan fingerprint density at radius 3 is 2.39 bits per heavy atom. The summed E-state index contributed by atoms with van der Waals surface area (Å²) in [5.74, 6) is 0.615. The molecule has 1 atom stereocenters. The number of likely N-dealkylation sites (tertiary alicyclic amines) is 1. The Labute approximate surface area is 143 Å². The summed E-state index contributed by atoms with van der Waals surface area (Å²) in [5, 5.41) is 3.22. The fraction of sp³-hybridized carbons (Fsp3) is 0.556. The largest absolute Gasteiger partial charge is 0.334 e. The number of rotatable bonds is 5. The average molecular weight is 334 g/mol. The third kappa shape index (κ3) is 6.65. The number of benzene rings is 1. The molecule has 0 radical (unpaired) electrons. The van der Waals surface area contributed by atoms with Crippen LogP contribution in [0.4, 0.5) is 4.79 Å². The fourth-order valence-electron chi connectivity index (χ4n) is 2.81. The second-order valence-electron chi connectivity index (χ2n) is 6.04. The summed E-state index contributed by atoms with van der Waals surface area (Å²) in [4.78, 5) is 25.7. The fourth-order valence-corrected chi connectivity index (χ4v) is 3.44. The van der Waals surface area contributed by atoms with Gasteiger partial charge in [-0.25, -0.2) is 4.79 Å². The highest BCUT2D eigenvalue weighted by molar-refractivity contribution is 8.13. The molecule has 0 saturated carbocycles. The lowest BCUT2D eigenvalue weighted by Gasteiger charge is -2.25. The molecule has 0 aliphatic carbocycles. The quantitative estimate of drug-likeness (QED) is 0.897. The molecule has 0 spiro atoms. The summed E-state index contributed by atoms with van der Waals surface area (Å²) in [6.07, 6.45) is 5.33.